The molecule has 3 rings (SSSR count). The van der Waals surface area contributed by atoms with Crippen LogP contribution in [0, 0.1) is 0 Å². The van der Waals surface area contributed by atoms with E-state index in [2.05, 4.69) is 24.1 Å². The molecule has 0 aromatic heterocycles. The molecule has 3 amide bonds. The molecule has 2 unspecified atom stereocenters. The number of hydrogen-bond acceptors (Lipinski definition) is 5. The predicted molar refractivity (Wildman–Crippen MR) is 87.4 cm³/mol. The Balaban J connectivity index is 1.83. The molecule has 0 aromatic rings. The van der Waals surface area contributed by atoms with Crippen molar-refractivity contribution in [3.63, 3.8) is 0 Å². The third kappa shape index (κ3) is 2.38. The number of rotatable bonds is 5. The van der Waals surface area contributed by atoms with Gasteiger partial charge in [0.05, 0.1) is 0 Å². The van der Waals surface area contributed by atoms with E-state index in [4.69, 9.17) is 4.99 Å². The lowest BCUT2D eigenvalue weighted by atomic mass is 10.1. The van der Waals surface area contributed by atoms with Gasteiger partial charge in [0.2, 0.25) is 5.96 Å². The summed E-state index contributed by atoms with van der Waals surface area (Å²) in [4.78, 5) is 34.5. The second-order valence-corrected chi connectivity index (χ2v) is 6.45. The van der Waals surface area contributed by atoms with Crippen molar-refractivity contribution >= 4 is 17.9 Å². The van der Waals surface area contributed by atoms with Gasteiger partial charge in [-0.1, -0.05) is 26.2 Å². The molecule has 7 heteroatoms. The number of allylic oxidation sites excluding steroid dienone is 2. The highest BCUT2D eigenvalue weighted by Crippen LogP contribution is 2.36. The summed E-state index contributed by atoms with van der Waals surface area (Å²) < 4.78 is 0. The molecule has 2 atom stereocenters. The van der Waals surface area contributed by atoms with Gasteiger partial charge in [-0.05, 0) is 20.3 Å². The maximum absolute atomic E-state index is 12.3. The second-order valence-electron chi connectivity index (χ2n) is 6.45. The van der Waals surface area contributed by atoms with Crippen LogP contribution in [-0.2, 0) is 4.79 Å². The minimum absolute atomic E-state index is 0.267. The number of carbonyl (C=O) groups excluding carboxylic acids is 2. The number of nitrogens with one attached hydrogen (secondary N) is 1. The molecule has 0 spiro atoms. The van der Waals surface area contributed by atoms with Gasteiger partial charge in [0.25, 0.3) is 5.91 Å². The SMILES string of the molecule is CCCCCCN1C2=NC3C(C(=O)NC(=O)N3C)N2C(C)=C1C. The lowest BCUT2D eigenvalue weighted by Gasteiger charge is -2.35. The van der Waals surface area contributed by atoms with E-state index in [0.29, 0.717) is 0 Å². The topological polar surface area (TPSA) is 68.2 Å². The first-order chi connectivity index (χ1) is 11.0. The quantitative estimate of drug-likeness (QED) is 0.783. The molecular formula is C16H25N5O2. The first kappa shape index (κ1) is 15.8. The summed E-state index contributed by atoms with van der Waals surface area (Å²) in [6, 6.07) is -0.835. The summed E-state index contributed by atoms with van der Waals surface area (Å²) in [5, 5.41) is 2.42. The van der Waals surface area contributed by atoms with Crippen molar-refractivity contribution in [2.75, 3.05) is 13.6 Å². The maximum atomic E-state index is 12.3. The third-order valence-electron chi connectivity index (χ3n) is 5.01. The normalized spacial score (nSPS) is 26.6. The largest absolute Gasteiger partial charge is 0.325 e. The molecule has 0 bridgehead atoms. The summed E-state index contributed by atoms with van der Waals surface area (Å²) in [7, 11) is 1.68. The van der Waals surface area contributed by atoms with E-state index in [9.17, 15) is 9.59 Å². The van der Waals surface area contributed by atoms with Crippen LogP contribution in [0.25, 0.3) is 0 Å². The number of carbonyl (C=O) groups is 2. The van der Waals surface area contributed by atoms with E-state index in [1.807, 2.05) is 11.8 Å². The highest BCUT2D eigenvalue weighted by Gasteiger charge is 2.52. The van der Waals surface area contributed by atoms with Crippen LogP contribution in [0.1, 0.15) is 46.5 Å². The van der Waals surface area contributed by atoms with Crippen molar-refractivity contribution in [2.45, 2.75) is 58.7 Å². The first-order valence-electron chi connectivity index (χ1n) is 8.37. The molecule has 0 saturated carbocycles. The fourth-order valence-electron chi connectivity index (χ4n) is 3.49. The van der Waals surface area contributed by atoms with E-state index in [-0.39, 0.29) is 11.9 Å². The molecule has 7 nitrogen and oxygen atoms in total. The molecular weight excluding hydrogens is 294 g/mol. The monoisotopic (exact) mass is 319 g/mol. The van der Waals surface area contributed by atoms with Crippen LogP contribution in [0.3, 0.4) is 0 Å². The van der Waals surface area contributed by atoms with Crippen LogP contribution in [0.4, 0.5) is 4.79 Å². The van der Waals surface area contributed by atoms with Crippen molar-refractivity contribution in [1.29, 1.82) is 0 Å². The van der Waals surface area contributed by atoms with Crippen molar-refractivity contribution < 1.29 is 9.59 Å². The third-order valence-corrected chi connectivity index (χ3v) is 5.01. The Labute approximate surface area is 137 Å². The van der Waals surface area contributed by atoms with Gasteiger partial charge in [-0.2, -0.15) is 0 Å². The van der Waals surface area contributed by atoms with Gasteiger partial charge < -0.3 is 9.80 Å². The van der Waals surface area contributed by atoms with Gasteiger partial charge in [0.1, 0.15) is 0 Å². The fraction of sp³-hybridized carbons (Fsp3) is 0.688. The number of imide groups is 1. The Hall–Kier alpha value is -2.05. The van der Waals surface area contributed by atoms with Crippen LogP contribution in [0.2, 0.25) is 0 Å². The zero-order valence-corrected chi connectivity index (χ0v) is 14.3. The number of likely N-dealkylation sites (N-methyl/N-ethyl adjacent to an activating group) is 1. The highest BCUT2D eigenvalue weighted by atomic mass is 16.2. The van der Waals surface area contributed by atoms with Crippen molar-refractivity contribution in [3.05, 3.63) is 11.4 Å². The van der Waals surface area contributed by atoms with Crippen molar-refractivity contribution in [1.82, 2.24) is 20.0 Å². The zero-order valence-electron chi connectivity index (χ0n) is 14.3. The molecule has 1 fully saturated rings. The van der Waals surface area contributed by atoms with Crippen molar-refractivity contribution in [3.8, 4) is 0 Å². The van der Waals surface area contributed by atoms with Gasteiger partial charge in [0, 0.05) is 25.0 Å². The number of fused-ring (bicyclic) bond motifs is 3. The fourth-order valence-corrected chi connectivity index (χ4v) is 3.49. The summed E-state index contributed by atoms with van der Waals surface area (Å²) in [5.41, 5.74) is 2.19. The number of unbranched alkanes of at least 4 members (excludes halogenated alkanes) is 3. The smallest absolute Gasteiger partial charge is 0.315 e. The van der Waals surface area contributed by atoms with Gasteiger partial charge in [-0.15, -0.1) is 0 Å². The summed E-state index contributed by atoms with van der Waals surface area (Å²) in [6.07, 6.45) is 4.29. The zero-order chi connectivity index (χ0) is 16.7. The summed E-state index contributed by atoms with van der Waals surface area (Å²) in [6.45, 7) is 7.19. The maximum Gasteiger partial charge on any atom is 0.325 e. The second kappa shape index (κ2) is 5.86. The predicted octanol–water partition coefficient (Wildman–Crippen LogP) is 1.68. The molecule has 0 radical (unpaired) electrons. The minimum atomic E-state index is -0.455. The van der Waals surface area contributed by atoms with Crippen LogP contribution < -0.4 is 5.32 Å². The lowest BCUT2D eigenvalue weighted by Crippen LogP contribution is -2.63. The van der Waals surface area contributed by atoms with Gasteiger partial charge in [-0.25, -0.2) is 9.79 Å². The average molecular weight is 319 g/mol. The molecule has 23 heavy (non-hydrogen) atoms. The Morgan fingerprint density at radius 2 is 1.87 bits per heavy atom. The van der Waals surface area contributed by atoms with Gasteiger partial charge in [0.15, 0.2) is 12.2 Å². The molecule has 0 aromatic carbocycles. The number of urea groups is 1. The number of hydrogen-bond donors (Lipinski definition) is 1. The number of aliphatic imine (C=N–C) groups is 1. The molecule has 0 aliphatic carbocycles. The molecule has 1 N–H and O–H groups in total. The molecule has 3 aliphatic heterocycles. The Morgan fingerprint density at radius 3 is 2.57 bits per heavy atom. The van der Waals surface area contributed by atoms with Crippen molar-refractivity contribution in [2.24, 2.45) is 4.99 Å². The van der Waals surface area contributed by atoms with E-state index < -0.39 is 12.2 Å². The number of nitrogens with zero attached hydrogens (tertiary/aromatic N) is 4. The first-order valence-corrected chi connectivity index (χ1v) is 8.37. The number of amides is 3. The average Bonchev–Trinajstić information content (AvgIpc) is 3.01. The Bertz CT molecular complexity index is 597. The van der Waals surface area contributed by atoms with Crippen LogP contribution in [0.5, 0.6) is 0 Å². The minimum Gasteiger partial charge on any atom is -0.315 e. The van der Waals surface area contributed by atoms with Gasteiger partial charge >= 0.3 is 6.03 Å². The molecule has 126 valence electrons. The Kier molecular flexibility index (Phi) is 4.04. The van der Waals surface area contributed by atoms with E-state index in [1.54, 1.807) is 7.05 Å². The van der Waals surface area contributed by atoms with E-state index >= 15 is 0 Å². The number of guanidine groups is 1. The summed E-state index contributed by atoms with van der Waals surface area (Å²) in [5.74, 6) is 0.542. The summed E-state index contributed by atoms with van der Waals surface area (Å²) >= 11 is 0. The molecule has 3 aliphatic rings. The van der Waals surface area contributed by atoms with Crippen LogP contribution in [0.15, 0.2) is 16.4 Å². The van der Waals surface area contributed by atoms with E-state index in [0.717, 1.165) is 30.3 Å². The van der Waals surface area contributed by atoms with E-state index in [1.165, 1.54) is 24.2 Å². The van der Waals surface area contributed by atoms with Crippen LogP contribution >= 0.6 is 0 Å². The molecule has 3 heterocycles. The molecule has 1 saturated heterocycles. The standard InChI is InChI=1S/C16H25N5O2/c1-5-6-7-8-9-20-10(2)11(3)21-12-13(17-15(20)21)19(4)16(23)18-14(12)22/h12-13H,5-9H2,1-4H3,(H,18,22,23). The van der Waals surface area contributed by atoms with Crippen LogP contribution in [-0.4, -0.2) is 58.4 Å². The Morgan fingerprint density at radius 1 is 1.13 bits per heavy atom. The lowest BCUT2D eigenvalue weighted by molar-refractivity contribution is -0.126. The van der Waals surface area contributed by atoms with Gasteiger partial charge in [-0.3, -0.25) is 15.0 Å². The highest BCUT2D eigenvalue weighted by molar-refractivity contribution is 6.05.